The number of carbonyl (C=O) groups excluding carboxylic acids is 3. The van der Waals surface area contributed by atoms with Gasteiger partial charge in [0.1, 0.15) is 23.9 Å². The predicted octanol–water partition coefficient (Wildman–Crippen LogP) is 4.42. The average Bonchev–Trinajstić information content (AvgIpc) is 3.30. The van der Waals surface area contributed by atoms with Gasteiger partial charge in [0.05, 0.1) is 11.2 Å². The topological polar surface area (TPSA) is 117 Å². The van der Waals surface area contributed by atoms with Gasteiger partial charge in [0, 0.05) is 11.1 Å². The third-order valence-electron chi connectivity index (χ3n) is 6.58. The molecule has 4 rings (SSSR count). The summed E-state index contributed by atoms with van der Waals surface area (Å²) in [5.74, 6) is -1.10. The molecule has 0 saturated heterocycles. The van der Waals surface area contributed by atoms with E-state index in [9.17, 15) is 19.5 Å². The number of aromatic hydroxyl groups is 1. The third-order valence-corrected chi connectivity index (χ3v) is 6.58. The first kappa shape index (κ1) is 26.5. The molecule has 2 N–H and O–H groups in total. The van der Waals surface area contributed by atoms with E-state index in [-0.39, 0.29) is 18.1 Å². The van der Waals surface area contributed by atoms with Crippen molar-refractivity contribution in [1.82, 2.24) is 20.3 Å². The van der Waals surface area contributed by atoms with E-state index in [0.29, 0.717) is 34.3 Å². The van der Waals surface area contributed by atoms with Crippen LogP contribution in [0.2, 0.25) is 0 Å². The molecule has 0 fully saturated rings. The molecule has 0 aliphatic carbocycles. The van der Waals surface area contributed by atoms with Crippen molar-refractivity contribution in [3.63, 3.8) is 0 Å². The minimum Gasteiger partial charge on any atom is -0.508 e. The van der Waals surface area contributed by atoms with Gasteiger partial charge in [-0.25, -0.2) is 4.68 Å². The smallest absolute Gasteiger partial charge is 0.249 e. The van der Waals surface area contributed by atoms with Gasteiger partial charge in [-0.2, -0.15) is 0 Å². The van der Waals surface area contributed by atoms with E-state index in [1.54, 1.807) is 42.5 Å². The minimum absolute atomic E-state index is 0.0258. The van der Waals surface area contributed by atoms with Crippen LogP contribution in [0.15, 0.2) is 72.8 Å². The van der Waals surface area contributed by atoms with Gasteiger partial charge in [0.2, 0.25) is 11.8 Å². The summed E-state index contributed by atoms with van der Waals surface area (Å²) in [6.07, 6.45) is 0.657. The van der Waals surface area contributed by atoms with Crippen molar-refractivity contribution >= 4 is 34.3 Å². The van der Waals surface area contributed by atoms with E-state index in [2.05, 4.69) is 15.6 Å². The number of nitrogens with one attached hydrogen (secondary N) is 1. The van der Waals surface area contributed by atoms with Crippen LogP contribution in [0.25, 0.3) is 11.0 Å². The molecule has 4 aromatic rings. The number of ketones is 1. The zero-order valence-electron chi connectivity index (χ0n) is 21.9. The summed E-state index contributed by atoms with van der Waals surface area (Å²) in [5, 5.41) is 21.2. The molecule has 196 valence electrons. The second kappa shape index (κ2) is 10.8. The van der Waals surface area contributed by atoms with Gasteiger partial charge >= 0.3 is 0 Å². The molecular weight excluding hydrogens is 482 g/mol. The van der Waals surface area contributed by atoms with Gasteiger partial charge in [-0.15, -0.1) is 5.10 Å². The van der Waals surface area contributed by atoms with E-state index < -0.39 is 23.4 Å². The van der Waals surface area contributed by atoms with Crippen LogP contribution in [0, 0.1) is 0 Å². The highest BCUT2D eigenvalue weighted by Gasteiger charge is 2.36. The Hall–Kier alpha value is -4.53. The van der Waals surface area contributed by atoms with Crippen LogP contribution in [0.4, 0.5) is 5.69 Å². The zero-order chi connectivity index (χ0) is 27.4. The maximum Gasteiger partial charge on any atom is 0.249 e. The summed E-state index contributed by atoms with van der Waals surface area (Å²) in [6.45, 7) is 6.96. The molecule has 0 unspecified atom stereocenters. The van der Waals surface area contributed by atoms with Crippen LogP contribution >= 0.6 is 0 Å². The second-order valence-corrected chi connectivity index (χ2v) is 9.79. The monoisotopic (exact) mass is 513 g/mol. The van der Waals surface area contributed by atoms with Crippen LogP contribution in [-0.2, 0) is 16.1 Å². The summed E-state index contributed by atoms with van der Waals surface area (Å²) in [5.41, 5.74) is 1.82. The number of hydrogen-bond acceptors (Lipinski definition) is 6. The molecule has 1 atom stereocenters. The summed E-state index contributed by atoms with van der Waals surface area (Å²) in [7, 11) is 0. The van der Waals surface area contributed by atoms with Gasteiger partial charge in [-0.3, -0.25) is 19.3 Å². The first-order valence-corrected chi connectivity index (χ1v) is 12.4. The number of phenols is 1. The molecule has 38 heavy (non-hydrogen) atoms. The fourth-order valence-electron chi connectivity index (χ4n) is 4.20. The van der Waals surface area contributed by atoms with E-state index >= 15 is 0 Å². The molecule has 1 heterocycles. The molecule has 0 spiro atoms. The van der Waals surface area contributed by atoms with Crippen LogP contribution in [0.5, 0.6) is 5.75 Å². The third kappa shape index (κ3) is 5.56. The van der Waals surface area contributed by atoms with Crippen molar-refractivity contribution in [2.45, 2.75) is 52.2 Å². The lowest BCUT2D eigenvalue weighted by Crippen LogP contribution is -2.51. The molecule has 0 aliphatic rings. The number of anilines is 1. The van der Waals surface area contributed by atoms with E-state index in [0.717, 1.165) is 0 Å². The van der Waals surface area contributed by atoms with Gasteiger partial charge in [-0.1, -0.05) is 48.5 Å². The number of Topliss-reactive ketones (excluding diaryl/α,β-unsaturated/α-hetero) is 1. The fourth-order valence-corrected chi connectivity index (χ4v) is 4.20. The first-order valence-electron chi connectivity index (χ1n) is 12.4. The van der Waals surface area contributed by atoms with Crippen molar-refractivity contribution < 1.29 is 19.5 Å². The number of hydrogen-bond donors (Lipinski definition) is 2. The van der Waals surface area contributed by atoms with Crippen molar-refractivity contribution in [1.29, 1.82) is 0 Å². The second-order valence-electron chi connectivity index (χ2n) is 9.79. The Labute approximate surface area is 221 Å². The standard InChI is InChI=1S/C29H31N5O4/c1-5-29(3,4)30-28(38)27(20-14-16-21(36)17-15-20)34(24-12-8-6-10-22(24)19(2)35)26(37)18-33-25-13-9-7-11-23(25)31-32-33/h6-17,27,36H,5,18H2,1-4H3,(H,30,38)/t27-/m1/s1. The quantitative estimate of drug-likeness (QED) is 0.320. The summed E-state index contributed by atoms with van der Waals surface area (Å²) >= 11 is 0. The lowest BCUT2D eigenvalue weighted by molar-refractivity contribution is -0.128. The van der Waals surface area contributed by atoms with E-state index in [1.807, 2.05) is 39.0 Å². The lowest BCUT2D eigenvalue weighted by Gasteiger charge is -2.35. The zero-order valence-corrected chi connectivity index (χ0v) is 21.9. The van der Waals surface area contributed by atoms with Crippen molar-refractivity contribution in [2.75, 3.05) is 4.90 Å². The number of amides is 2. The number of aromatic nitrogens is 3. The summed E-state index contributed by atoms with van der Waals surface area (Å²) in [6, 6.07) is 19.0. The molecule has 1 aromatic heterocycles. The van der Waals surface area contributed by atoms with Gasteiger partial charge < -0.3 is 10.4 Å². The van der Waals surface area contributed by atoms with Gasteiger partial charge in [-0.05, 0) is 69.2 Å². The molecule has 3 aromatic carbocycles. The van der Waals surface area contributed by atoms with Gasteiger partial charge in [0.25, 0.3) is 0 Å². The normalized spacial score (nSPS) is 12.2. The Morgan fingerprint density at radius 1 is 1.00 bits per heavy atom. The molecular formula is C29H31N5O4. The molecule has 0 bridgehead atoms. The highest BCUT2D eigenvalue weighted by atomic mass is 16.3. The highest BCUT2D eigenvalue weighted by Crippen LogP contribution is 2.33. The number of nitrogens with zero attached hydrogens (tertiary/aromatic N) is 4. The van der Waals surface area contributed by atoms with Crippen molar-refractivity contribution in [3.05, 3.63) is 83.9 Å². The summed E-state index contributed by atoms with van der Waals surface area (Å²) < 4.78 is 1.48. The Bertz CT molecular complexity index is 1480. The minimum atomic E-state index is -1.13. The number of carbonyl (C=O) groups is 3. The van der Waals surface area contributed by atoms with Crippen molar-refractivity contribution in [2.24, 2.45) is 0 Å². The Balaban J connectivity index is 1.88. The van der Waals surface area contributed by atoms with Gasteiger partial charge in [0.15, 0.2) is 5.78 Å². The maximum absolute atomic E-state index is 14.1. The van der Waals surface area contributed by atoms with E-state index in [1.165, 1.54) is 28.6 Å². The predicted molar refractivity (Wildman–Crippen MR) is 145 cm³/mol. The lowest BCUT2D eigenvalue weighted by atomic mass is 9.97. The maximum atomic E-state index is 14.1. The number of fused-ring (bicyclic) bond motifs is 1. The van der Waals surface area contributed by atoms with Crippen LogP contribution < -0.4 is 10.2 Å². The van der Waals surface area contributed by atoms with Crippen molar-refractivity contribution in [3.8, 4) is 5.75 Å². The molecule has 0 saturated carbocycles. The Morgan fingerprint density at radius 3 is 2.34 bits per heavy atom. The SMILES string of the molecule is CCC(C)(C)NC(=O)[C@@H](c1ccc(O)cc1)N(C(=O)Cn1nnc2ccccc21)c1ccccc1C(C)=O. The highest BCUT2D eigenvalue weighted by molar-refractivity contribution is 6.08. The summed E-state index contributed by atoms with van der Waals surface area (Å²) in [4.78, 5) is 42.1. The molecule has 0 radical (unpaired) electrons. The molecule has 9 heteroatoms. The van der Waals surface area contributed by atoms with Crippen LogP contribution in [-0.4, -0.2) is 43.2 Å². The number of rotatable bonds is 9. The first-order chi connectivity index (χ1) is 18.1. The number of benzene rings is 3. The van der Waals surface area contributed by atoms with E-state index in [4.69, 9.17) is 0 Å². The number of phenolic OH excluding ortho intramolecular Hbond substituents is 1. The van der Waals surface area contributed by atoms with Crippen LogP contribution in [0.1, 0.15) is 56.1 Å². The van der Waals surface area contributed by atoms with Crippen LogP contribution in [0.3, 0.4) is 0 Å². The Kier molecular flexibility index (Phi) is 7.57. The Morgan fingerprint density at radius 2 is 1.66 bits per heavy atom. The molecule has 0 aliphatic heterocycles. The molecule has 9 nitrogen and oxygen atoms in total. The largest absolute Gasteiger partial charge is 0.508 e. The average molecular weight is 514 g/mol. The molecule has 2 amide bonds. The number of para-hydroxylation sites is 2. The fraction of sp³-hybridized carbons (Fsp3) is 0.276.